The molecule has 1 N–H and O–H groups in total. The molecule has 26 heavy (non-hydrogen) atoms. The number of nitrogens with zero attached hydrogens (tertiary/aromatic N) is 3. The van der Waals surface area contributed by atoms with Gasteiger partial charge in [-0.3, -0.25) is 4.79 Å². The Kier molecular flexibility index (Phi) is 6.49. The number of carbonyl (C=O) groups excluding carboxylic acids is 1. The topological polar surface area (TPSA) is 84.3 Å². The van der Waals surface area contributed by atoms with Crippen molar-refractivity contribution in [3.63, 3.8) is 0 Å². The SMILES string of the molecule is CCc1c(C(=O)NCCCN(C)S(C)(=O)=O)cnn1-c1ccc(F)cc1. The smallest absolute Gasteiger partial charge is 0.254 e. The molecule has 1 aromatic carbocycles. The second-order valence-corrected chi connectivity index (χ2v) is 8.03. The minimum Gasteiger partial charge on any atom is -0.352 e. The van der Waals surface area contributed by atoms with Crippen molar-refractivity contribution in [3.8, 4) is 5.69 Å². The van der Waals surface area contributed by atoms with E-state index in [1.54, 1.807) is 16.8 Å². The lowest BCUT2D eigenvalue weighted by Gasteiger charge is -2.14. The maximum atomic E-state index is 13.1. The second kappa shape index (κ2) is 8.41. The zero-order valence-electron chi connectivity index (χ0n) is 15.1. The first-order chi connectivity index (χ1) is 12.2. The lowest BCUT2D eigenvalue weighted by molar-refractivity contribution is 0.0952. The summed E-state index contributed by atoms with van der Waals surface area (Å²) < 4.78 is 38.6. The first-order valence-corrected chi connectivity index (χ1v) is 10.1. The fraction of sp³-hybridized carbons (Fsp3) is 0.412. The number of amides is 1. The molecule has 9 heteroatoms. The van der Waals surface area contributed by atoms with Crippen molar-refractivity contribution >= 4 is 15.9 Å². The van der Waals surface area contributed by atoms with E-state index in [9.17, 15) is 17.6 Å². The van der Waals surface area contributed by atoms with Gasteiger partial charge in [0.05, 0.1) is 29.4 Å². The molecule has 142 valence electrons. The lowest BCUT2D eigenvalue weighted by Crippen LogP contribution is -2.31. The maximum Gasteiger partial charge on any atom is 0.254 e. The Hall–Kier alpha value is -2.26. The Morgan fingerprint density at radius 3 is 2.54 bits per heavy atom. The molecule has 1 heterocycles. The van der Waals surface area contributed by atoms with E-state index < -0.39 is 10.0 Å². The number of hydrogen-bond acceptors (Lipinski definition) is 4. The molecule has 1 amide bonds. The summed E-state index contributed by atoms with van der Waals surface area (Å²) in [5.41, 5.74) is 1.85. The molecule has 1 aromatic heterocycles. The molecule has 0 atom stereocenters. The maximum absolute atomic E-state index is 13.1. The molecular weight excluding hydrogens is 359 g/mol. The van der Waals surface area contributed by atoms with Crippen molar-refractivity contribution in [2.24, 2.45) is 0 Å². The summed E-state index contributed by atoms with van der Waals surface area (Å²) in [4.78, 5) is 12.4. The average Bonchev–Trinajstić information content (AvgIpc) is 3.02. The Balaban J connectivity index is 2.02. The molecule has 0 aliphatic carbocycles. The molecule has 0 unspecified atom stereocenters. The van der Waals surface area contributed by atoms with Gasteiger partial charge in [0.25, 0.3) is 5.91 Å². The Labute approximate surface area is 152 Å². The van der Waals surface area contributed by atoms with E-state index in [-0.39, 0.29) is 11.7 Å². The lowest BCUT2D eigenvalue weighted by atomic mass is 10.2. The van der Waals surface area contributed by atoms with E-state index in [4.69, 9.17) is 0 Å². The number of nitrogens with one attached hydrogen (secondary N) is 1. The fourth-order valence-corrected chi connectivity index (χ4v) is 2.93. The molecule has 2 aromatic rings. The molecule has 0 aliphatic rings. The predicted octanol–water partition coefficient (Wildman–Crippen LogP) is 1.59. The summed E-state index contributed by atoms with van der Waals surface area (Å²) in [6, 6.07) is 5.89. The number of hydrogen-bond donors (Lipinski definition) is 1. The summed E-state index contributed by atoms with van der Waals surface area (Å²) >= 11 is 0. The van der Waals surface area contributed by atoms with Gasteiger partial charge in [0, 0.05) is 20.1 Å². The van der Waals surface area contributed by atoms with E-state index in [2.05, 4.69) is 10.4 Å². The first-order valence-electron chi connectivity index (χ1n) is 8.26. The highest BCUT2D eigenvalue weighted by Crippen LogP contribution is 2.16. The van der Waals surface area contributed by atoms with Gasteiger partial charge < -0.3 is 5.32 Å². The van der Waals surface area contributed by atoms with Gasteiger partial charge >= 0.3 is 0 Å². The normalized spacial score (nSPS) is 11.7. The van der Waals surface area contributed by atoms with Gasteiger partial charge in [0.1, 0.15) is 5.82 Å². The van der Waals surface area contributed by atoms with Gasteiger partial charge in [-0.15, -0.1) is 0 Å². The zero-order chi connectivity index (χ0) is 19.3. The quantitative estimate of drug-likeness (QED) is 0.703. The summed E-state index contributed by atoms with van der Waals surface area (Å²) in [6.45, 7) is 2.59. The van der Waals surface area contributed by atoms with Crippen molar-refractivity contribution in [1.29, 1.82) is 0 Å². The van der Waals surface area contributed by atoms with E-state index in [0.717, 1.165) is 11.9 Å². The van der Waals surface area contributed by atoms with E-state index in [0.29, 0.717) is 37.2 Å². The summed E-state index contributed by atoms with van der Waals surface area (Å²) in [5.74, 6) is -0.604. The molecule has 0 saturated heterocycles. The second-order valence-electron chi connectivity index (χ2n) is 5.94. The van der Waals surface area contributed by atoms with E-state index in [1.807, 2.05) is 6.92 Å². The number of aromatic nitrogens is 2. The van der Waals surface area contributed by atoms with Crippen LogP contribution in [-0.4, -0.2) is 54.8 Å². The van der Waals surface area contributed by atoms with Crippen molar-refractivity contribution < 1.29 is 17.6 Å². The number of sulfonamides is 1. The monoisotopic (exact) mass is 382 g/mol. The van der Waals surface area contributed by atoms with E-state index >= 15 is 0 Å². The first kappa shape index (κ1) is 20.1. The standard InChI is InChI=1S/C17H23FN4O3S/c1-4-16-15(12-20-22(16)14-8-6-13(18)7-9-14)17(23)19-10-5-11-21(2)26(3,24)25/h6-9,12H,4-5,10-11H2,1-3H3,(H,19,23). The summed E-state index contributed by atoms with van der Waals surface area (Å²) in [7, 11) is -1.72. The van der Waals surface area contributed by atoms with Crippen LogP contribution < -0.4 is 5.32 Å². The van der Waals surface area contributed by atoms with Gasteiger partial charge in [-0.1, -0.05) is 6.92 Å². The van der Waals surface area contributed by atoms with Gasteiger partial charge in [-0.2, -0.15) is 5.10 Å². The zero-order valence-corrected chi connectivity index (χ0v) is 15.9. The van der Waals surface area contributed by atoms with E-state index in [1.165, 1.54) is 29.7 Å². The van der Waals surface area contributed by atoms with Gasteiger partial charge in [-0.25, -0.2) is 21.8 Å². The van der Waals surface area contributed by atoms with Crippen LogP contribution in [-0.2, 0) is 16.4 Å². The Bertz CT molecular complexity index is 863. The van der Waals surface area contributed by atoms with Crippen LogP contribution in [0.4, 0.5) is 4.39 Å². The minimum atomic E-state index is -3.22. The highest BCUT2D eigenvalue weighted by Gasteiger charge is 2.17. The third-order valence-electron chi connectivity index (χ3n) is 4.02. The van der Waals surface area contributed by atoms with Crippen LogP contribution in [0.25, 0.3) is 5.69 Å². The predicted molar refractivity (Wildman–Crippen MR) is 97.3 cm³/mol. The van der Waals surface area contributed by atoms with Gasteiger partial charge in [0.15, 0.2) is 0 Å². The van der Waals surface area contributed by atoms with Crippen molar-refractivity contribution in [3.05, 3.63) is 47.5 Å². The van der Waals surface area contributed by atoms with Crippen LogP contribution >= 0.6 is 0 Å². The Morgan fingerprint density at radius 2 is 1.96 bits per heavy atom. The molecule has 0 fully saturated rings. The third kappa shape index (κ3) is 4.89. The van der Waals surface area contributed by atoms with Crippen LogP contribution in [0.1, 0.15) is 29.4 Å². The number of carbonyl (C=O) groups is 1. The summed E-state index contributed by atoms with van der Waals surface area (Å²) in [5, 5.41) is 7.02. The molecule has 0 radical (unpaired) electrons. The highest BCUT2D eigenvalue weighted by atomic mass is 32.2. The molecule has 7 nitrogen and oxygen atoms in total. The van der Waals surface area contributed by atoms with Crippen LogP contribution in [0.15, 0.2) is 30.5 Å². The Morgan fingerprint density at radius 1 is 1.31 bits per heavy atom. The average molecular weight is 382 g/mol. The minimum absolute atomic E-state index is 0.266. The van der Waals surface area contributed by atoms with Crippen LogP contribution in [0.5, 0.6) is 0 Å². The van der Waals surface area contributed by atoms with Crippen molar-refractivity contribution in [1.82, 2.24) is 19.4 Å². The largest absolute Gasteiger partial charge is 0.352 e. The summed E-state index contributed by atoms with van der Waals surface area (Å²) in [6.07, 6.45) is 3.71. The van der Waals surface area contributed by atoms with Crippen LogP contribution in [0.2, 0.25) is 0 Å². The van der Waals surface area contributed by atoms with Crippen LogP contribution in [0.3, 0.4) is 0 Å². The van der Waals surface area contributed by atoms with Gasteiger partial charge in [-0.05, 0) is 37.1 Å². The van der Waals surface area contributed by atoms with Crippen molar-refractivity contribution in [2.45, 2.75) is 19.8 Å². The molecule has 2 rings (SSSR count). The number of benzene rings is 1. The van der Waals surface area contributed by atoms with Crippen molar-refractivity contribution in [2.75, 3.05) is 26.4 Å². The molecule has 0 spiro atoms. The molecule has 0 aliphatic heterocycles. The molecule has 0 bridgehead atoms. The van der Waals surface area contributed by atoms with Crippen LogP contribution in [0, 0.1) is 5.82 Å². The highest BCUT2D eigenvalue weighted by molar-refractivity contribution is 7.88. The fourth-order valence-electron chi connectivity index (χ4n) is 2.47. The molecule has 0 saturated carbocycles. The third-order valence-corrected chi connectivity index (χ3v) is 5.34. The number of halogens is 1. The van der Waals surface area contributed by atoms with Gasteiger partial charge in [0.2, 0.25) is 10.0 Å². The number of rotatable bonds is 8. The molecular formula is C17H23FN4O3S.